The molecule has 5 heteroatoms. The van der Waals surface area contributed by atoms with Crippen LogP contribution in [-0.2, 0) is 9.59 Å². The van der Waals surface area contributed by atoms with Gasteiger partial charge in [-0.2, -0.15) is 0 Å². The minimum atomic E-state index is -0.340. The Hall–Kier alpha value is -1.10. The minimum absolute atomic E-state index is 0.00435. The van der Waals surface area contributed by atoms with E-state index in [1.54, 1.807) is 4.90 Å². The van der Waals surface area contributed by atoms with Crippen molar-refractivity contribution in [1.82, 2.24) is 4.90 Å². The molecular formula is C10H19N3O2. The van der Waals surface area contributed by atoms with E-state index < -0.39 is 0 Å². The van der Waals surface area contributed by atoms with E-state index in [1.807, 2.05) is 0 Å². The van der Waals surface area contributed by atoms with Crippen LogP contribution in [0.25, 0.3) is 0 Å². The molecule has 1 fully saturated rings. The number of amides is 2. The molecule has 0 aromatic heterocycles. The standard InChI is InChI=1S/C10H19N3O2/c11-5-4-10(15)13-6-2-1-3-8(13)7-9(12)14/h8H,1-7,11H2,(H2,12,14). The minimum Gasteiger partial charge on any atom is -0.370 e. The Morgan fingerprint density at radius 1 is 1.33 bits per heavy atom. The molecule has 86 valence electrons. The SMILES string of the molecule is NCCC(=O)N1CCCCC1CC(N)=O. The normalized spacial score (nSPS) is 21.4. The molecular weight excluding hydrogens is 194 g/mol. The van der Waals surface area contributed by atoms with E-state index in [2.05, 4.69) is 0 Å². The second-order valence-corrected chi connectivity index (χ2v) is 3.95. The number of nitrogens with two attached hydrogens (primary N) is 2. The van der Waals surface area contributed by atoms with Gasteiger partial charge in [-0.1, -0.05) is 0 Å². The molecule has 1 aliphatic rings. The van der Waals surface area contributed by atoms with Gasteiger partial charge in [-0.25, -0.2) is 0 Å². The molecule has 5 nitrogen and oxygen atoms in total. The Bertz CT molecular complexity index is 243. The monoisotopic (exact) mass is 213 g/mol. The summed E-state index contributed by atoms with van der Waals surface area (Å²) >= 11 is 0. The number of rotatable bonds is 4. The van der Waals surface area contributed by atoms with E-state index in [4.69, 9.17) is 11.5 Å². The van der Waals surface area contributed by atoms with Crippen molar-refractivity contribution >= 4 is 11.8 Å². The van der Waals surface area contributed by atoms with E-state index in [0.29, 0.717) is 13.0 Å². The Labute approximate surface area is 89.8 Å². The van der Waals surface area contributed by atoms with E-state index in [9.17, 15) is 9.59 Å². The van der Waals surface area contributed by atoms with Crippen LogP contribution in [0, 0.1) is 0 Å². The van der Waals surface area contributed by atoms with Crippen LogP contribution >= 0.6 is 0 Å². The predicted octanol–water partition coefficient (Wildman–Crippen LogP) is -0.408. The highest BCUT2D eigenvalue weighted by Crippen LogP contribution is 2.20. The average molecular weight is 213 g/mol. The number of piperidine rings is 1. The molecule has 0 spiro atoms. The summed E-state index contributed by atoms with van der Waals surface area (Å²) in [5.41, 5.74) is 10.5. The van der Waals surface area contributed by atoms with Gasteiger partial charge in [-0.15, -0.1) is 0 Å². The number of likely N-dealkylation sites (tertiary alicyclic amines) is 1. The van der Waals surface area contributed by atoms with Crippen LogP contribution in [0.5, 0.6) is 0 Å². The third-order valence-electron chi connectivity index (χ3n) is 2.74. The van der Waals surface area contributed by atoms with Gasteiger partial charge < -0.3 is 16.4 Å². The molecule has 0 saturated carbocycles. The first kappa shape index (κ1) is 12.0. The Kier molecular flexibility index (Phi) is 4.55. The maximum absolute atomic E-state index is 11.7. The van der Waals surface area contributed by atoms with Crippen molar-refractivity contribution in [3.8, 4) is 0 Å². The molecule has 1 aliphatic heterocycles. The van der Waals surface area contributed by atoms with Crippen LogP contribution in [0.3, 0.4) is 0 Å². The van der Waals surface area contributed by atoms with Gasteiger partial charge in [-0.05, 0) is 19.3 Å². The molecule has 1 saturated heterocycles. The number of primary amides is 1. The quantitative estimate of drug-likeness (QED) is 0.665. The highest BCUT2D eigenvalue weighted by atomic mass is 16.2. The van der Waals surface area contributed by atoms with Gasteiger partial charge in [-0.3, -0.25) is 9.59 Å². The summed E-state index contributed by atoms with van der Waals surface area (Å²) in [6.07, 6.45) is 3.57. The zero-order valence-electron chi connectivity index (χ0n) is 8.95. The molecule has 15 heavy (non-hydrogen) atoms. The summed E-state index contributed by atoms with van der Waals surface area (Å²) in [5.74, 6) is -0.295. The van der Waals surface area contributed by atoms with Gasteiger partial charge in [0.2, 0.25) is 11.8 Å². The van der Waals surface area contributed by atoms with Crippen LogP contribution in [0.1, 0.15) is 32.1 Å². The van der Waals surface area contributed by atoms with Gasteiger partial charge >= 0.3 is 0 Å². The van der Waals surface area contributed by atoms with Crippen LogP contribution in [0.2, 0.25) is 0 Å². The van der Waals surface area contributed by atoms with Crippen molar-refractivity contribution in [3.05, 3.63) is 0 Å². The van der Waals surface area contributed by atoms with Crippen molar-refractivity contribution in [2.24, 2.45) is 11.5 Å². The third-order valence-corrected chi connectivity index (χ3v) is 2.74. The van der Waals surface area contributed by atoms with E-state index in [0.717, 1.165) is 25.8 Å². The average Bonchev–Trinajstić information content (AvgIpc) is 2.18. The number of carbonyl (C=O) groups excluding carboxylic acids is 2. The summed E-state index contributed by atoms with van der Waals surface area (Å²) in [7, 11) is 0. The molecule has 0 radical (unpaired) electrons. The fourth-order valence-electron chi connectivity index (χ4n) is 2.04. The zero-order chi connectivity index (χ0) is 11.3. The van der Waals surface area contributed by atoms with E-state index >= 15 is 0 Å². The highest BCUT2D eigenvalue weighted by Gasteiger charge is 2.26. The molecule has 0 aromatic carbocycles. The lowest BCUT2D eigenvalue weighted by Gasteiger charge is -2.35. The first-order valence-corrected chi connectivity index (χ1v) is 5.43. The molecule has 1 heterocycles. The third kappa shape index (κ3) is 3.51. The van der Waals surface area contributed by atoms with Crippen molar-refractivity contribution in [2.75, 3.05) is 13.1 Å². The first-order valence-electron chi connectivity index (χ1n) is 5.43. The smallest absolute Gasteiger partial charge is 0.224 e. The molecule has 0 bridgehead atoms. The van der Waals surface area contributed by atoms with Crippen molar-refractivity contribution < 1.29 is 9.59 Å². The maximum atomic E-state index is 11.7. The molecule has 1 rings (SSSR count). The summed E-state index contributed by atoms with van der Waals surface area (Å²) < 4.78 is 0. The molecule has 2 amide bonds. The lowest BCUT2D eigenvalue weighted by Crippen LogP contribution is -2.45. The summed E-state index contributed by atoms with van der Waals surface area (Å²) in [5, 5.41) is 0. The fraction of sp³-hybridized carbons (Fsp3) is 0.800. The van der Waals surface area contributed by atoms with Crippen LogP contribution in [0.4, 0.5) is 0 Å². The second kappa shape index (κ2) is 5.70. The Morgan fingerprint density at radius 3 is 2.67 bits per heavy atom. The largest absolute Gasteiger partial charge is 0.370 e. The van der Waals surface area contributed by atoms with Gasteiger partial charge in [0.25, 0.3) is 0 Å². The van der Waals surface area contributed by atoms with Crippen LogP contribution in [0.15, 0.2) is 0 Å². The van der Waals surface area contributed by atoms with Crippen molar-refractivity contribution in [2.45, 2.75) is 38.1 Å². The highest BCUT2D eigenvalue weighted by molar-refractivity contribution is 5.79. The van der Waals surface area contributed by atoms with Crippen LogP contribution < -0.4 is 11.5 Å². The fourth-order valence-corrected chi connectivity index (χ4v) is 2.04. The van der Waals surface area contributed by atoms with E-state index in [-0.39, 0.29) is 24.3 Å². The maximum Gasteiger partial charge on any atom is 0.224 e. The lowest BCUT2D eigenvalue weighted by molar-refractivity contribution is -0.135. The summed E-state index contributed by atoms with van der Waals surface area (Å²) in [4.78, 5) is 24.3. The first-order chi connectivity index (χ1) is 7.15. The van der Waals surface area contributed by atoms with Crippen LogP contribution in [-0.4, -0.2) is 35.8 Å². The summed E-state index contributed by atoms with van der Waals surface area (Å²) in [6.45, 7) is 1.09. The number of hydrogen-bond acceptors (Lipinski definition) is 3. The predicted molar refractivity (Wildman–Crippen MR) is 56.8 cm³/mol. The molecule has 0 aromatic rings. The Balaban J connectivity index is 2.56. The second-order valence-electron chi connectivity index (χ2n) is 3.95. The topological polar surface area (TPSA) is 89.4 Å². The lowest BCUT2D eigenvalue weighted by atomic mass is 9.98. The molecule has 4 N–H and O–H groups in total. The van der Waals surface area contributed by atoms with Crippen molar-refractivity contribution in [1.29, 1.82) is 0 Å². The molecule has 0 aliphatic carbocycles. The van der Waals surface area contributed by atoms with E-state index in [1.165, 1.54) is 0 Å². The van der Waals surface area contributed by atoms with Gasteiger partial charge in [0.05, 0.1) is 0 Å². The zero-order valence-corrected chi connectivity index (χ0v) is 8.95. The molecule has 1 unspecified atom stereocenters. The Morgan fingerprint density at radius 2 is 2.07 bits per heavy atom. The van der Waals surface area contributed by atoms with Gasteiger partial charge in [0.1, 0.15) is 0 Å². The number of carbonyl (C=O) groups is 2. The van der Waals surface area contributed by atoms with Gasteiger partial charge in [0.15, 0.2) is 0 Å². The number of nitrogens with zero attached hydrogens (tertiary/aromatic N) is 1. The van der Waals surface area contributed by atoms with Gasteiger partial charge in [0, 0.05) is 32.0 Å². The molecule has 1 atom stereocenters. The summed E-state index contributed by atoms with van der Waals surface area (Å²) in [6, 6.07) is -0.00435. The number of hydrogen-bond donors (Lipinski definition) is 2. The van der Waals surface area contributed by atoms with Crippen molar-refractivity contribution in [3.63, 3.8) is 0 Å².